The van der Waals surface area contributed by atoms with E-state index in [1.807, 2.05) is 59.5 Å². The van der Waals surface area contributed by atoms with E-state index in [4.69, 9.17) is 11.6 Å². The monoisotopic (exact) mass is 433 g/mol. The lowest BCUT2D eigenvalue weighted by Crippen LogP contribution is -2.35. The zero-order valence-electron chi connectivity index (χ0n) is 17.1. The van der Waals surface area contributed by atoms with Gasteiger partial charge >= 0.3 is 6.03 Å². The third kappa shape index (κ3) is 5.25. The standard InChI is InChI=1S/C25H24ClN3O2/c26-21-9-2-3-10-22(21)28-24(30)17-18-12-14-20(15-13-18)27-25(31)29-16-6-5-8-19-7-1-4-11-23(19)29/h1-4,7,9-15H,5-6,8,16-17H2,(H,27,31)(H,28,30). The number of nitrogens with zero attached hydrogens (tertiary/aromatic N) is 1. The van der Waals surface area contributed by atoms with E-state index in [1.54, 1.807) is 12.1 Å². The third-order valence-electron chi connectivity index (χ3n) is 5.32. The normalized spacial score (nSPS) is 13.1. The fourth-order valence-corrected chi connectivity index (χ4v) is 3.92. The Morgan fingerprint density at radius 3 is 2.42 bits per heavy atom. The summed E-state index contributed by atoms with van der Waals surface area (Å²) in [5, 5.41) is 6.30. The van der Waals surface area contributed by atoms with Crippen LogP contribution in [0.15, 0.2) is 72.8 Å². The molecule has 0 saturated carbocycles. The second-order valence-electron chi connectivity index (χ2n) is 7.57. The van der Waals surface area contributed by atoms with Crippen LogP contribution in [0.25, 0.3) is 0 Å². The van der Waals surface area contributed by atoms with Crippen molar-refractivity contribution in [1.82, 2.24) is 0 Å². The van der Waals surface area contributed by atoms with Gasteiger partial charge in [0.25, 0.3) is 0 Å². The molecule has 0 unspecified atom stereocenters. The van der Waals surface area contributed by atoms with Crippen molar-refractivity contribution in [2.24, 2.45) is 0 Å². The van der Waals surface area contributed by atoms with Gasteiger partial charge in [0, 0.05) is 17.9 Å². The number of carbonyl (C=O) groups is 2. The second-order valence-corrected chi connectivity index (χ2v) is 7.98. The van der Waals surface area contributed by atoms with E-state index >= 15 is 0 Å². The molecule has 6 heteroatoms. The van der Waals surface area contributed by atoms with Gasteiger partial charge in [-0.3, -0.25) is 9.69 Å². The SMILES string of the molecule is O=C(Cc1ccc(NC(=O)N2CCCCc3ccccc32)cc1)Nc1ccccc1Cl. The van der Waals surface area contributed by atoms with Crippen LogP contribution in [-0.4, -0.2) is 18.5 Å². The Hall–Kier alpha value is -3.31. The first kappa shape index (κ1) is 20.9. The molecule has 0 atom stereocenters. The number of para-hydroxylation sites is 2. The number of rotatable bonds is 4. The Bertz CT molecular complexity index is 1080. The lowest BCUT2D eigenvalue weighted by Gasteiger charge is -2.23. The number of benzene rings is 3. The average Bonchev–Trinajstić information content (AvgIpc) is 2.99. The number of carbonyl (C=O) groups excluding carboxylic acids is 2. The molecule has 4 rings (SSSR count). The van der Waals surface area contributed by atoms with Crippen LogP contribution in [0.5, 0.6) is 0 Å². The molecular weight excluding hydrogens is 410 g/mol. The maximum atomic E-state index is 12.9. The van der Waals surface area contributed by atoms with Crippen molar-refractivity contribution in [2.75, 3.05) is 22.1 Å². The molecule has 1 aliphatic heterocycles. The smallest absolute Gasteiger partial charge is 0.324 e. The molecule has 5 nitrogen and oxygen atoms in total. The van der Waals surface area contributed by atoms with Crippen LogP contribution < -0.4 is 15.5 Å². The van der Waals surface area contributed by atoms with Gasteiger partial charge in [-0.25, -0.2) is 4.79 Å². The first-order valence-electron chi connectivity index (χ1n) is 10.4. The van der Waals surface area contributed by atoms with Gasteiger partial charge in [0.05, 0.1) is 17.1 Å². The van der Waals surface area contributed by atoms with Crippen LogP contribution in [0.1, 0.15) is 24.0 Å². The molecule has 1 aliphatic rings. The predicted octanol–water partition coefficient (Wildman–Crippen LogP) is 5.90. The van der Waals surface area contributed by atoms with Gasteiger partial charge in [-0.05, 0) is 60.7 Å². The van der Waals surface area contributed by atoms with Gasteiger partial charge < -0.3 is 10.6 Å². The minimum absolute atomic E-state index is 0.140. The highest BCUT2D eigenvalue weighted by Gasteiger charge is 2.20. The lowest BCUT2D eigenvalue weighted by molar-refractivity contribution is -0.115. The van der Waals surface area contributed by atoms with Crippen LogP contribution in [0.3, 0.4) is 0 Å². The molecule has 3 aromatic rings. The van der Waals surface area contributed by atoms with E-state index in [0.29, 0.717) is 22.9 Å². The fraction of sp³-hybridized carbons (Fsp3) is 0.200. The van der Waals surface area contributed by atoms with Gasteiger partial charge in [-0.1, -0.05) is 54.1 Å². The van der Waals surface area contributed by atoms with Gasteiger partial charge in [0.15, 0.2) is 0 Å². The van der Waals surface area contributed by atoms with Gasteiger partial charge in [-0.15, -0.1) is 0 Å². The molecule has 0 fully saturated rings. The van der Waals surface area contributed by atoms with Gasteiger partial charge in [-0.2, -0.15) is 0 Å². The topological polar surface area (TPSA) is 61.4 Å². The number of hydrogen-bond acceptors (Lipinski definition) is 2. The molecule has 0 bridgehead atoms. The maximum absolute atomic E-state index is 12.9. The quantitative estimate of drug-likeness (QED) is 0.538. The van der Waals surface area contributed by atoms with Crippen LogP contribution in [0.2, 0.25) is 5.02 Å². The highest BCUT2D eigenvalue weighted by atomic mass is 35.5. The number of aryl methyl sites for hydroxylation is 1. The van der Waals surface area contributed by atoms with E-state index in [9.17, 15) is 9.59 Å². The van der Waals surface area contributed by atoms with Crippen LogP contribution in [0.4, 0.5) is 21.9 Å². The largest absolute Gasteiger partial charge is 0.326 e. The number of amides is 3. The summed E-state index contributed by atoms with van der Waals surface area (Å²) in [7, 11) is 0. The Balaban J connectivity index is 1.38. The van der Waals surface area contributed by atoms with Crippen molar-refractivity contribution in [3.8, 4) is 0 Å². The minimum atomic E-state index is -0.147. The van der Waals surface area contributed by atoms with Crippen molar-refractivity contribution in [2.45, 2.75) is 25.7 Å². The van der Waals surface area contributed by atoms with Crippen molar-refractivity contribution >= 4 is 40.6 Å². The Labute approximate surface area is 187 Å². The molecule has 0 spiro atoms. The Kier molecular flexibility index (Phi) is 6.53. The summed E-state index contributed by atoms with van der Waals surface area (Å²) in [6.07, 6.45) is 3.26. The van der Waals surface area contributed by atoms with Gasteiger partial charge in [0.1, 0.15) is 0 Å². The summed E-state index contributed by atoms with van der Waals surface area (Å²) >= 11 is 6.09. The number of hydrogen-bond donors (Lipinski definition) is 2. The molecule has 3 aromatic carbocycles. The number of fused-ring (bicyclic) bond motifs is 1. The molecule has 31 heavy (non-hydrogen) atoms. The van der Waals surface area contributed by atoms with Crippen molar-refractivity contribution in [1.29, 1.82) is 0 Å². The predicted molar refractivity (Wildman–Crippen MR) is 126 cm³/mol. The van der Waals surface area contributed by atoms with E-state index in [1.165, 1.54) is 5.56 Å². The highest BCUT2D eigenvalue weighted by Crippen LogP contribution is 2.27. The average molecular weight is 434 g/mol. The molecule has 1 heterocycles. The zero-order chi connectivity index (χ0) is 21.6. The van der Waals surface area contributed by atoms with Crippen molar-refractivity contribution in [3.05, 3.63) is 88.9 Å². The maximum Gasteiger partial charge on any atom is 0.326 e. The Morgan fingerprint density at radius 1 is 0.871 bits per heavy atom. The van der Waals surface area contributed by atoms with E-state index in [-0.39, 0.29) is 18.4 Å². The van der Waals surface area contributed by atoms with Crippen LogP contribution in [-0.2, 0) is 17.6 Å². The highest BCUT2D eigenvalue weighted by molar-refractivity contribution is 6.33. The lowest BCUT2D eigenvalue weighted by atomic mass is 10.1. The number of nitrogens with one attached hydrogen (secondary N) is 2. The van der Waals surface area contributed by atoms with E-state index in [2.05, 4.69) is 16.7 Å². The van der Waals surface area contributed by atoms with Crippen molar-refractivity contribution < 1.29 is 9.59 Å². The molecule has 0 aromatic heterocycles. The molecule has 0 radical (unpaired) electrons. The summed E-state index contributed by atoms with van der Waals surface area (Å²) in [5.74, 6) is -0.147. The van der Waals surface area contributed by atoms with E-state index < -0.39 is 0 Å². The summed E-state index contributed by atoms with van der Waals surface area (Å²) in [6.45, 7) is 0.698. The summed E-state index contributed by atoms with van der Waals surface area (Å²) in [5.41, 5.74) is 4.32. The summed E-state index contributed by atoms with van der Waals surface area (Å²) < 4.78 is 0. The van der Waals surface area contributed by atoms with Gasteiger partial charge in [0.2, 0.25) is 5.91 Å². The number of halogens is 1. The van der Waals surface area contributed by atoms with Crippen LogP contribution >= 0.6 is 11.6 Å². The number of anilines is 3. The minimum Gasteiger partial charge on any atom is -0.324 e. The number of urea groups is 1. The molecule has 0 aliphatic carbocycles. The first-order valence-corrected chi connectivity index (χ1v) is 10.8. The fourth-order valence-electron chi connectivity index (χ4n) is 3.74. The summed E-state index contributed by atoms with van der Waals surface area (Å²) in [6, 6.07) is 22.4. The molecule has 158 valence electrons. The van der Waals surface area contributed by atoms with Crippen molar-refractivity contribution in [3.63, 3.8) is 0 Å². The Morgan fingerprint density at radius 2 is 1.61 bits per heavy atom. The molecule has 3 amide bonds. The second kappa shape index (κ2) is 9.67. The molecular formula is C25H24ClN3O2. The molecule has 0 saturated heterocycles. The first-order chi connectivity index (χ1) is 15.1. The molecule has 2 N–H and O–H groups in total. The zero-order valence-corrected chi connectivity index (χ0v) is 17.9. The van der Waals surface area contributed by atoms with Crippen LogP contribution in [0, 0.1) is 0 Å². The summed E-state index contributed by atoms with van der Waals surface area (Å²) in [4.78, 5) is 27.0. The third-order valence-corrected chi connectivity index (χ3v) is 5.65. The van der Waals surface area contributed by atoms with E-state index in [0.717, 1.165) is 30.5 Å².